The molecule has 0 aromatic rings. The van der Waals surface area contributed by atoms with Crippen LogP contribution < -0.4 is 17.2 Å². The summed E-state index contributed by atoms with van der Waals surface area (Å²) in [4.78, 5) is 33.3. The minimum Gasteiger partial charge on any atom is -0.390 e. The number of hydrogen-bond acceptors (Lipinski definition) is 8. The zero-order valence-corrected chi connectivity index (χ0v) is 11.5. The van der Waals surface area contributed by atoms with E-state index in [0.29, 0.717) is 0 Å². The normalized spacial score (nSPS) is 33.7. The zero-order chi connectivity index (χ0) is 17.0. The molecule has 1 heterocycles. The number of carbonyl (C=O) groups excluding carboxylic acids is 3. The maximum atomic E-state index is 11.2. The number of carbonyl (C=O) groups is 3. The third-order valence-electron chi connectivity index (χ3n) is 3.09. The Bertz CT molecular complexity index is 445. The molecular weight excluding hydrogens is 302 g/mol. The SMILES string of the molecule is NC(=O)CC(O[C@@H]1CC(O)C(O)[C@H](O)C(C(N)=O)O1)C(N)=O. The standard InChI is InChI=1S/C11H19N3O8/c12-5(16)2-4(10(13)19)21-6-1-3(15)7(17)8(18)9(22-6)11(14)20/h3-4,6-9,15,17-18H,1-2H2,(H2,12,16)(H2,13,19)(H2,14,20)/t3?,4?,6-,7?,8-,9?/m0/s1. The fourth-order valence-corrected chi connectivity index (χ4v) is 1.95. The van der Waals surface area contributed by atoms with E-state index in [0.717, 1.165) is 0 Å². The lowest BCUT2D eigenvalue weighted by atomic mass is 10.0. The van der Waals surface area contributed by atoms with Gasteiger partial charge in [-0.3, -0.25) is 14.4 Å². The number of aliphatic hydroxyl groups is 3. The summed E-state index contributed by atoms with van der Waals surface area (Å²) in [7, 11) is 0. The van der Waals surface area contributed by atoms with Crippen LogP contribution >= 0.6 is 0 Å². The molecule has 1 rings (SSSR count). The molecule has 0 saturated carbocycles. The van der Waals surface area contributed by atoms with Crippen LogP contribution in [0.15, 0.2) is 0 Å². The van der Waals surface area contributed by atoms with Crippen molar-refractivity contribution in [3.8, 4) is 0 Å². The average molecular weight is 321 g/mol. The predicted molar refractivity (Wildman–Crippen MR) is 68.4 cm³/mol. The lowest BCUT2D eigenvalue weighted by Gasteiger charge is -2.24. The first-order chi connectivity index (χ1) is 10.1. The number of aliphatic hydroxyl groups excluding tert-OH is 3. The van der Waals surface area contributed by atoms with Gasteiger partial charge in [0.05, 0.1) is 12.5 Å². The topological polar surface area (TPSA) is 208 Å². The van der Waals surface area contributed by atoms with Crippen molar-refractivity contribution >= 4 is 17.7 Å². The molecule has 4 unspecified atom stereocenters. The van der Waals surface area contributed by atoms with E-state index in [-0.39, 0.29) is 0 Å². The van der Waals surface area contributed by atoms with Gasteiger partial charge in [0, 0.05) is 6.42 Å². The molecule has 0 bridgehead atoms. The van der Waals surface area contributed by atoms with E-state index in [1.165, 1.54) is 0 Å². The van der Waals surface area contributed by atoms with E-state index >= 15 is 0 Å². The molecule has 1 aliphatic rings. The van der Waals surface area contributed by atoms with Crippen LogP contribution in [0.4, 0.5) is 0 Å². The van der Waals surface area contributed by atoms with Gasteiger partial charge in [-0.2, -0.15) is 0 Å². The summed E-state index contributed by atoms with van der Waals surface area (Å²) in [5.74, 6) is -3.00. The molecule has 3 amide bonds. The highest BCUT2D eigenvalue weighted by Gasteiger charge is 2.42. The molecule has 0 aromatic heterocycles. The van der Waals surface area contributed by atoms with E-state index in [1.54, 1.807) is 0 Å². The first-order valence-electron chi connectivity index (χ1n) is 6.35. The van der Waals surface area contributed by atoms with Crippen LogP contribution in [0.3, 0.4) is 0 Å². The van der Waals surface area contributed by atoms with Crippen LogP contribution in [0.25, 0.3) is 0 Å². The number of nitrogens with two attached hydrogens (primary N) is 3. The minimum absolute atomic E-state index is 0.398. The summed E-state index contributed by atoms with van der Waals surface area (Å²) in [6, 6.07) is 0. The Kier molecular flexibility index (Phi) is 6.20. The van der Waals surface area contributed by atoms with Gasteiger partial charge in [-0.1, -0.05) is 0 Å². The molecular formula is C11H19N3O8. The Balaban J connectivity index is 2.89. The van der Waals surface area contributed by atoms with E-state index in [9.17, 15) is 29.7 Å². The van der Waals surface area contributed by atoms with Gasteiger partial charge in [0.1, 0.15) is 18.3 Å². The number of amides is 3. The first kappa shape index (κ1) is 18.3. The monoisotopic (exact) mass is 321 g/mol. The van der Waals surface area contributed by atoms with Crippen LogP contribution in [-0.4, -0.2) is 69.9 Å². The zero-order valence-electron chi connectivity index (χ0n) is 11.5. The molecule has 11 nitrogen and oxygen atoms in total. The van der Waals surface area contributed by atoms with Crippen LogP contribution in [0.2, 0.25) is 0 Å². The van der Waals surface area contributed by atoms with Gasteiger partial charge in [-0.15, -0.1) is 0 Å². The number of rotatable bonds is 6. The van der Waals surface area contributed by atoms with Gasteiger partial charge in [0.25, 0.3) is 0 Å². The van der Waals surface area contributed by atoms with Crippen LogP contribution in [-0.2, 0) is 23.9 Å². The van der Waals surface area contributed by atoms with Crippen molar-refractivity contribution in [3.05, 3.63) is 0 Å². The van der Waals surface area contributed by atoms with Gasteiger partial charge in [0.2, 0.25) is 17.7 Å². The number of primary amides is 3. The lowest BCUT2D eigenvalue weighted by molar-refractivity contribution is -0.209. The predicted octanol–water partition coefficient (Wildman–Crippen LogP) is -4.58. The third kappa shape index (κ3) is 4.61. The summed E-state index contributed by atoms with van der Waals surface area (Å²) in [5, 5.41) is 29.1. The molecule has 0 aliphatic carbocycles. The fourth-order valence-electron chi connectivity index (χ4n) is 1.95. The Morgan fingerprint density at radius 3 is 2.18 bits per heavy atom. The van der Waals surface area contributed by atoms with E-state index in [4.69, 9.17) is 26.7 Å². The molecule has 9 N–H and O–H groups in total. The molecule has 1 saturated heterocycles. The molecule has 126 valence electrons. The molecule has 1 fully saturated rings. The molecule has 0 radical (unpaired) electrons. The maximum Gasteiger partial charge on any atom is 0.249 e. The van der Waals surface area contributed by atoms with Crippen molar-refractivity contribution in [1.82, 2.24) is 0 Å². The first-order valence-corrected chi connectivity index (χ1v) is 6.35. The molecule has 1 aliphatic heterocycles. The van der Waals surface area contributed by atoms with Crippen molar-refractivity contribution in [2.24, 2.45) is 17.2 Å². The summed E-state index contributed by atoms with van der Waals surface area (Å²) >= 11 is 0. The highest BCUT2D eigenvalue weighted by molar-refractivity contribution is 5.85. The number of hydrogen-bond donors (Lipinski definition) is 6. The Hall–Kier alpha value is -1.79. The third-order valence-corrected chi connectivity index (χ3v) is 3.09. The molecule has 11 heteroatoms. The largest absolute Gasteiger partial charge is 0.390 e. The van der Waals surface area contributed by atoms with Gasteiger partial charge < -0.3 is 42.0 Å². The maximum absolute atomic E-state index is 11.2. The minimum atomic E-state index is -1.79. The highest BCUT2D eigenvalue weighted by atomic mass is 16.7. The van der Waals surface area contributed by atoms with Gasteiger partial charge in [0.15, 0.2) is 12.4 Å². The quantitative estimate of drug-likeness (QED) is 0.279. The molecule has 0 aromatic carbocycles. The molecule has 0 spiro atoms. The van der Waals surface area contributed by atoms with Crippen LogP contribution in [0, 0.1) is 0 Å². The smallest absolute Gasteiger partial charge is 0.249 e. The summed E-state index contributed by atoms with van der Waals surface area (Å²) in [6.45, 7) is 0. The Labute approximate surface area is 124 Å². The molecule has 6 atom stereocenters. The van der Waals surface area contributed by atoms with Crippen molar-refractivity contribution in [2.45, 2.75) is 49.7 Å². The van der Waals surface area contributed by atoms with Crippen LogP contribution in [0.5, 0.6) is 0 Å². The van der Waals surface area contributed by atoms with Crippen molar-refractivity contribution in [1.29, 1.82) is 0 Å². The highest BCUT2D eigenvalue weighted by Crippen LogP contribution is 2.22. The van der Waals surface area contributed by atoms with E-state index in [1.807, 2.05) is 0 Å². The van der Waals surface area contributed by atoms with E-state index < -0.39 is 67.4 Å². The second kappa shape index (κ2) is 7.47. The summed E-state index contributed by atoms with van der Waals surface area (Å²) in [6.07, 6.45) is -10.5. The number of ether oxygens (including phenoxy) is 2. The van der Waals surface area contributed by atoms with Gasteiger partial charge in [-0.05, 0) is 0 Å². The summed E-state index contributed by atoms with van der Waals surface area (Å²) in [5.41, 5.74) is 15.0. The molecule has 22 heavy (non-hydrogen) atoms. The Morgan fingerprint density at radius 1 is 1.14 bits per heavy atom. The van der Waals surface area contributed by atoms with Crippen molar-refractivity contribution in [3.63, 3.8) is 0 Å². The van der Waals surface area contributed by atoms with Gasteiger partial charge in [-0.25, -0.2) is 0 Å². The lowest BCUT2D eigenvalue weighted by Crippen LogP contribution is -2.49. The second-order valence-electron chi connectivity index (χ2n) is 4.87. The average Bonchev–Trinajstić information content (AvgIpc) is 2.49. The Morgan fingerprint density at radius 2 is 1.73 bits per heavy atom. The fraction of sp³-hybridized carbons (Fsp3) is 0.727. The second-order valence-corrected chi connectivity index (χ2v) is 4.87. The van der Waals surface area contributed by atoms with Gasteiger partial charge >= 0.3 is 0 Å². The van der Waals surface area contributed by atoms with Crippen molar-refractivity contribution in [2.75, 3.05) is 0 Å². The van der Waals surface area contributed by atoms with E-state index in [2.05, 4.69) is 0 Å². The van der Waals surface area contributed by atoms with Crippen LogP contribution in [0.1, 0.15) is 12.8 Å². The van der Waals surface area contributed by atoms with Crippen molar-refractivity contribution < 1.29 is 39.2 Å². The summed E-state index contributed by atoms with van der Waals surface area (Å²) < 4.78 is 10.2.